The number of amides is 2. The number of rotatable bonds is 5. The molecule has 1 heterocycles. The zero-order valence-electron chi connectivity index (χ0n) is 15.7. The number of ether oxygens (including phenoxy) is 1. The molecule has 6 nitrogen and oxygen atoms in total. The number of hydrogen-bond acceptors (Lipinski definition) is 4. The second-order valence-corrected chi connectivity index (χ2v) is 6.95. The van der Waals surface area contributed by atoms with E-state index < -0.39 is 6.09 Å². The molecule has 0 atom stereocenters. The minimum Gasteiger partial charge on any atom is -0.410 e. The molecule has 0 unspecified atom stereocenters. The summed E-state index contributed by atoms with van der Waals surface area (Å²) < 4.78 is 5.19. The number of aryl methyl sites for hydroxylation is 1. The summed E-state index contributed by atoms with van der Waals surface area (Å²) in [6, 6.07) is 7.70. The van der Waals surface area contributed by atoms with E-state index in [-0.39, 0.29) is 5.91 Å². The normalized spacial score (nSPS) is 15.7. The fourth-order valence-corrected chi connectivity index (χ4v) is 2.93. The van der Waals surface area contributed by atoms with Crippen molar-refractivity contribution in [1.82, 2.24) is 14.7 Å². The van der Waals surface area contributed by atoms with Gasteiger partial charge in [0.1, 0.15) is 5.75 Å². The molecule has 1 saturated heterocycles. The minimum absolute atomic E-state index is 0.192. The van der Waals surface area contributed by atoms with Crippen molar-refractivity contribution in [2.45, 2.75) is 31.7 Å². The van der Waals surface area contributed by atoms with Crippen LogP contribution in [0.15, 0.2) is 24.3 Å². The van der Waals surface area contributed by atoms with Crippen LogP contribution in [0.4, 0.5) is 4.79 Å². The lowest BCUT2D eigenvalue weighted by molar-refractivity contribution is -0.132. The van der Waals surface area contributed by atoms with Gasteiger partial charge in [-0.1, -0.05) is 12.1 Å². The molecule has 2 rings (SSSR count). The largest absolute Gasteiger partial charge is 0.414 e. The molecule has 0 bridgehead atoms. The summed E-state index contributed by atoms with van der Waals surface area (Å²) in [7, 11) is 7.33. The van der Waals surface area contributed by atoms with E-state index in [0.29, 0.717) is 24.6 Å². The Morgan fingerprint density at radius 1 is 1.12 bits per heavy atom. The summed E-state index contributed by atoms with van der Waals surface area (Å²) in [6.45, 7) is 2.10. The maximum Gasteiger partial charge on any atom is 0.414 e. The van der Waals surface area contributed by atoms with Crippen LogP contribution in [-0.4, -0.2) is 74.0 Å². The van der Waals surface area contributed by atoms with Crippen LogP contribution in [0.1, 0.15) is 24.8 Å². The van der Waals surface area contributed by atoms with E-state index in [4.69, 9.17) is 4.74 Å². The first-order valence-corrected chi connectivity index (χ1v) is 8.79. The van der Waals surface area contributed by atoms with Gasteiger partial charge < -0.3 is 19.4 Å². The lowest BCUT2D eigenvalue weighted by atomic mass is 10.0. The summed E-state index contributed by atoms with van der Waals surface area (Å²) in [5.41, 5.74) is 1.06. The van der Waals surface area contributed by atoms with Crippen molar-refractivity contribution in [3.63, 3.8) is 0 Å². The SMILES string of the molecule is CN1CCC(N(C)C(=O)CCc2ccc(OC(=O)N(C)C)cc2)CC1. The Morgan fingerprint density at radius 3 is 2.28 bits per heavy atom. The van der Waals surface area contributed by atoms with Gasteiger partial charge in [-0.15, -0.1) is 0 Å². The van der Waals surface area contributed by atoms with E-state index in [2.05, 4.69) is 11.9 Å². The molecule has 25 heavy (non-hydrogen) atoms. The third kappa shape index (κ3) is 5.74. The van der Waals surface area contributed by atoms with Gasteiger partial charge in [-0.05, 0) is 57.1 Å². The Morgan fingerprint density at radius 2 is 1.72 bits per heavy atom. The predicted octanol–water partition coefficient (Wildman–Crippen LogP) is 2.23. The number of piperidine rings is 1. The van der Waals surface area contributed by atoms with Crippen molar-refractivity contribution >= 4 is 12.0 Å². The third-order valence-corrected chi connectivity index (χ3v) is 4.75. The standard InChI is InChI=1S/C19H29N3O3/c1-20(2)19(24)25-17-8-5-15(6-9-17)7-10-18(23)22(4)16-11-13-21(3)14-12-16/h5-6,8-9,16H,7,10-14H2,1-4H3. The van der Waals surface area contributed by atoms with Crippen molar-refractivity contribution in [3.8, 4) is 5.75 Å². The maximum absolute atomic E-state index is 12.4. The van der Waals surface area contributed by atoms with E-state index in [1.54, 1.807) is 26.2 Å². The molecule has 138 valence electrons. The number of hydrogen-bond donors (Lipinski definition) is 0. The van der Waals surface area contributed by atoms with Crippen LogP contribution in [0.2, 0.25) is 0 Å². The molecular weight excluding hydrogens is 318 g/mol. The topological polar surface area (TPSA) is 53.1 Å². The fraction of sp³-hybridized carbons (Fsp3) is 0.579. The third-order valence-electron chi connectivity index (χ3n) is 4.75. The first kappa shape index (κ1) is 19.2. The van der Waals surface area contributed by atoms with E-state index in [9.17, 15) is 9.59 Å². The molecule has 1 fully saturated rings. The average Bonchev–Trinajstić information content (AvgIpc) is 2.60. The van der Waals surface area contributed by atoms with E-state index >= 15 is 0 Å². The Labute approximate surface area is 150 Å². The van der Waals surface area contributed by atoms with Crippen molar-refractivity contribution in [2.75, 3.05) is 41.3 Å². The smallest absolute Gasteiger partial charge is 0.410 e. The van der Waals surface area contributed by atoms with Crippen molar-refractivity contribution in [1.29, 1.82) is 0 Å². The molecule has 1 aromatic rings. The molecule has 0 aliphatic carbocycles. The van der Waals surface area contributed by atoms with Gasteiger partial charge in [0.25, 0.3) is 0 Å². The van der Waals surface area contributed by atoms with Crippen LogP contribution in [0.3, 0.4) is 0 Å². The van der Waals surface area contributed by atoms with Crippen molar-refractivity contribution in [3.05, 3.63) is 29.8 Å². The van der Waals surface area contributed by atoms with Gasteiger partial charge in [-0.25, -0.2) is 4.79 Å². The zero-order valence-corrected chi connectivity index (χ0v) is 15.7. The molecule has 1 aliphatic heterocycles. The van der Waals surface area contributed by atoms with Crippen molar-refractivity contribution < 1.29 is 14.3 Å². The highest BCUT2D eigenvalue weighted by molar-refractivity contribution is 5.76. The number of benzene rings is 1. The van der Waals surface area contributed by atoms with Crippen LogP contribution in [0, 0.1) is 0 Å². The Balaban J connectivity index is 1.80. The summed E-state index contributed by atoms with van der Waals surface area (Å²) in [5.74, 6) is 0.704. The van der Waals surface area contributed by atoms with Crippen LogP contribution < -0.4 is 4.74 Å². The molecule has 6 heteroatoms. The molecule has 2 amide bonds. The van der Waals surface area contributed by atoms with Crippen LogP contribution >= 0.6 is 0 Å². The highest BCUT2D eigenvalue weighted by Gasteiger charge is 2.23. The monoisotopic (exact) mass is 347 g/mol. The highest BCUT2D eigenvalue weighted by atomic mass is 16.6. The van der Waals surface area contributed by atoms with Crippen LogP contribution in [0.5, 0.6) is 5.75 Å². The van der Waals surface area contributed by atoms with Gasteiger partial charge in [-0.3, -0.25) is 4.79 Å². The predicted molar refractivity (Wildman–Crippen MR) is 97.8 cm³/mol. The van der Waals surface area contributed by atoms with E-state index in [1.807, 2.05) is 24.1 Å². The zero-order chi connectivity index (χ0) is 18.4. The number of carbonyl (C=O) groups is 2. The van der Waals surface area contributed by atoms with Gasteiger partial charge in [0.05, 0.1) is 0 Å². The van der Waals surface area contributed by atoms with E-state index in [0.717, 1.165) is 31.5 Å². The fourth-order valence-electron chi connectivity index (χ4n) is 2.93. The molecular formula is C19H29N3O3. The maximum atomic E-state index is 12.4. The second-order valence-electron chi connectivity index (χ2n) is 6.95. The van der Waals surface area contributed by atoms with Gasteiger partial charge in [0.2, 0.25) is 5.91 Å². The van der Waals surface area contributed by atoms with Gasteiger partial charge >= 0.3 is 6.09 Å². The van der Waals surface area contributed by atoms with Gasteiger partial charge in [0, 0.05) is 33.6 Å². The van der Waals surface area contributed by atoms with Crippen LogP contribution in [-0.2, 0) is 11.2 Å². The van der Waals surface area contributed by atoms with Gasteiger partial charge in [0.15, 0.2) is 0 Å². The molecule has 0 spiro atoms. The van der Waals surface area contributed by atoms with Crippen LogP contribution in [0.25, 0.3) is 0 Å². The summed E-state index contributed by atoms with van der Waals surface area (Å²) in [5, 5.41) is 0. The highest BCUT2D eigenvalue weighted by Crippen LogP contribution is 2.17. The molecule has 1 aromatic carbocycles. The molecule has 0 N–H and O–H groups in total. The molecule has 0 saturated carbocycles. The first-order chi connectivity index (χ1) is 11.9. The second kappa shape index (κ2) is 8.85. The lowest BCUT2D eigenvalue weighted by Gasteiger charge is -2.35. The minimum atomic E-state index is -0.400. The quantitative estimate of drug-likeness (QED) is 0.820. The average molecular weight is 347 g/mol. The Hall–Kier alpha value is -2.08. The number of likely N-dealkylation sites (tertiary alicyclic amines) is 1. The first-order valence-electron chi connectivity index (χ1n) is 8.79. The van der Waals surface area contributed by atoms with Crippen molar-refractivity contribution in [2.24, 2.45) is 0 Å². The lowest BCUT2D eigenvalue weighted by Crippen LogP contribution is -2.44. The molecule has 0 aromatic heterocycles. The Bertz CT molecular complexity index is 578. The summed E-state index contributed by atoms with van der Waals surface area (Å²) in [4.78, 5) is 29.5. The molecule has 1 aliphatic rings. The summed E-state index contributed by atoms with van der Waals surface area (Å²) in [6.07, 6.45) is 2.88. The molecule has 0 radical (unpaired) electrons. The Kier molecular flexibility index (Phi) is 6.82. The number of carbonyl (C=O) groups excluding carboxylic acids is 2. The number of nitrogens with zero attached hydrogens (tertiary/aromatic N) is 3. The van der Waals surface area contributed by atoms with E-state index in [1.165, 1.54) is 4.90 Å². The summed E-state index contributed by atoms with van der Waals surface area (Å²) >= 11 is 0. The van der Waals surface area contributed by atoms with Gasteiger partial charge in [-0.2, -0.15) is 0 Å².